The third kappa shape index (κ3) is 2.27. The van der Waals surface area contributed by atoms with Gasteiger partial charge in [-0.3, -0.25) is 30.3 Å². The van der Waals surface area contributed by atoms with Gasteiger partial charge in [-0.1, -0.05) is 18.2 Å². The monoisotopic (exact) mass is 389 g/mol. The fourth-order valence-electron chi connectivity index (χ4n) is 4.57. The zero-order chi connectivity index (χ0) is 20.4. The summed E-state index contributed by atoms with van der Waals surface area (Å²) < 4.78 is 0. The molecule has 0 saturated carbocycles. The average Bonchev–Trinajstić information content (AvgIpc) is 2.71. The van der Waals surface area contributed by atoms with Crippen molar-refractivity contribution in [1.29, 1.82) is 0 Å². The Kier molecular flexibility index (Phi) is 3.33. The van der Waals surface area contributed by atoms with E-state index in [1.54, 1.807) is 18.2 Å². The van der Waals surface area contributed by atoms with Gasteiger partial charge < -0.3 is 0 Å². The Morgan fingerprint density at radius 1 is 0.483 bits per heavy atom. The van der Waals surface area contributed by atoms with Crippen molar-refractivity contribution in [3.8, 4) is 0 Å². The number of nitro benzene ring substituents is 3. The van der Waals surface area contributed by atoms with E-state index in [0.717, 1.165) is 16.7 Å². The largest absolute Gasteiger partial charge is 0.269 e. The van der Waals surface area contributed by atoms with Gasteiger partial charge in [-0.15, -0.1) is 0 Å². The van der Waals surface area contributed by atoms with Crippen LogP contribution in [-0.4, -0.2) is 14.8 Å². The van der Waals surface area contributed by atoms with E-state index in [9.17, 15) is 30.3 Å². The van der Waals surface area contributed by atoms with E-state index in [-0.39, 0.29) is 23.0 Å². The Bertz CT molecular complexity index is 1110. The molecular weight excluding hydrogens is 378 g/mol. The fourth-order valence-corrected chi connectivity index (χ4v) is 4.57. The molecule has 0 saturated heterocycles. The van der Waals surface area contributed by atoms with Gasteiger partial charge in [0.15, 0.2) is 0 Å². The maximum absolute atomic E-state index is 11.3. The number of hydrogen-bond donors (Lipinski definition) is 0. The van der Waals surface area contributed by atoms with Crippen LogP contribution in [0.15, 0.2) is 54.6 Å². The molecule has 0 aliphatic heterocycles. The average molecular weight is 389 g/mol. The summed E-state index contributed by atoms with van der Waals surface area (Å²) in [4.78, 5) is 32.4. The molecule has 0 heterocycles. The molecule has 0 aromatic heterocycles. The Morgan fingerprint density at radius 3 is 1.03 bits per heavy atom. The molecule has 142 valence electrons. The van der Waals surface area contributed by atoms with Crippen LogP contribution in [0.2, 0.25) is 0 Å². The van der Waals surface area contributed by atoms with E-state index in [0.29, 0.717) is 16.7 Å². The number of nitro groups is 3. The van der Waals surface area contributed by atoms with Gasteiger partial charge in [0.2, 0.25) is 0 Å². The smallest absolute Gasteiger partial charge is 0.258 e. The third-order valence-electron chi connectivity index (χ3n) is 5.71. The van der Waals surface area contributed by atoms with E-state index in [4.69, 9.17) is 0 Å². The summed E-state index contributed by atoms with van der Waals surface area (Å²) in [7, 11) is 0. The summed E-state index contributed by atoms with van der Waals surface area (Å²) in [6, 6.07) is 13.9. The van der Waals surface area contributed by atoms with Crippen LogP contribution < -0.4 is 0 Å². The molecule has 3 aliphatic rings. The Labute approximate surface area is 162 Å². The Morgan fingerprint density at radius 2 is 0.759 bits per heavy atom. The van der Waals surface area contributed by atoms with Crippen molar-refractivity contribution in [3.05, 3.63) is 118 Å². The zero-order valence-corrected chi connectivity index (χ0v) is 14.6. The Hall–Kier alpha value is -4.14. The highest BCUT2D eigenvalue weighted by atomic mass is 16.6. The maximum atomic E-state index is 11.3. The minimum absolute atomic E-state index is 0.0877. The van der Waals surface area contributed by atoms with Crippen molar-refractivity contribution < 1.29 is 14.8 Å². The third-order valence-corrected chi connectivity index (χ3v) is 5.71. The van der Waals surface area contributed by atoms with Crippen molar-refractivity contribution in [2.24, 2.45) is 0 Å². The molecule has 3 aromatic rings. The molecule has 9 nitrogen and oxygen atoms in total. The van der Waals surface area contributed by atoms with Gasteiger partial charge in [0.05, 0.1) is 14.8 Å². The van der Waals surface area contributed by atoms with Gasteiger partial charge >= 0.3 is 0 Å². The Balaban J connectivity index is 1.83. The number of benzene rings is 3. The highest BCUT2D eigenvalue weighted by Gasteiger charge is 2.43. The molecule has 0 amide bonds. The van der Waals surface area contributed by atoms with Crippen LogP contribution >= 0.6 is 0 Å². The van der Waals surface area contributed by atoms with Crippen LogP contribution in [0.4, 0.5) is 17.1 Å². The van der Waals surface area contributed by atoms with Crippen LogP contribution in [0.3, 0.4) is 0 Å². The predicted octanol–water partition coefficient (Wildman–Crippen LogP) is 4.40. The summed E-state index contributed by atoms with van der Waals surface area (Å²) in [6.45, 7) is 0. The minimum atomic E-state index is -0.542. The first-order chi connectivity index (χ1) is 13.9. The number of nitrogens with zero attached hydrogens (tertiary/aromatic N) is 3. The van der Waals surface area contributed by atoms with E-state index < -0.39 is 20.7 Å². The lowest BCUT2D eigenvalue weighted by Gasteiger charge is -2.41. The lowest BCUT2D eigenvalue weighted by molar-refractivity contribution is -0.385. The number of rotatable bonds is 3. The van der Waals surface area contributed by atoms with E-state index in [2.05, 4.69) is 0 Å². The van der Waals surface area contributed by atoms with Crippen LogP contribution in [-0.2, 0) is 0 Å². The second-order valence-corrected chi connectivity index (χ2v) is 7.08. The maximum Gasteiger partial charge on any atom is 0.269 e. The highest BCUT2D eigenvalue weighted by molar-refractivity contribution is 5.71. The molecule has 0 radical (unpaired) electrons. The summed E-state index contributed by atoms with van der Waals surface area (Å²) in [6.07, 6.45) is 0. The second-order valence-electron chi connectivity index (χ2n) is 7.08. The molecule has 3 aliphatic carbocycles. The number of non-ortho nitro benzene ring substituents is 3. The first-order valence-corrected chi connectivity index (χ1v) is 8.71. The van der Waals surface area contributed by atoms with Gasteiger partial charge in [-0.25, -0.2) is 0 Å². The fraction of sp³-hybridized carbons (Fsp3) is 0.100. The van der Waals surface area contributed by atoms with Gasteiger partial charge in [0.1, 0.15) is 0 Å². The molecular formula is C20H11N3O6. The molecule has 0 N–H and O–H groups in total. The normalized spacial score (nSPS) is 17.8. The van der Waals surface area contributed by atoms with Gasteiger partial charge in [0.25, 0.3) is 17.1 Å². The molecule has 6 rings (SSSR count). The van der Waals surface area contributed by atoms with E-state index in [1.165, 1.54) is 36.4 Å². The van der Waals surface area contributed by atoms with Crippen molar-refractivity contribution in [1.82, 2.24) is 0 Å². The topological polar surface area (TPSA) is 129 Å². The second kappa shape index (κ2) is 5.68. The summed E-state index contributed by atoms with van der Waals surface area (Å²) in [5.74, 6) is -0.831. The van der Waals surface area contributed by atoms with Gasteiger partial charge in [0, 0.05) is 48.2 Å². The molecule has 0 atom stereocenters. The molecule has 0 spiro atoms. The zero-order valence-electron chi connectivity index (χ0n) is 14.6. The lowest BCUT2D eigenvalue weighted by atomic mass is 9.61. The molecule has 3 aromatic carbocycles. The van der Waals surface area contributed by atoms with E-state index >= 15 is 0 Å². The predicted molar refractivity (Wildman–Crippen MR) is 101 cm³/mol. The molecule has 0 unspecified atom stereocenters. The summed E-state index contributed by atoms with van der Waals surface area (Å²) in [5.41, 5.74) is 4.34. The lowest BCUT2D eigenvalue weighted by Crippen LogP contribution is -2.27. The quantitative estimate of drug-likeness (QED) is 0.332. The minimum Gasteiger partial charge on any atom is -0.258 e. The molecule has 9 heteroatoms. The van der Waals surface area contributed by atoms with Crippen LogP contribution in [0.1, 0.15) is 45.2 Å². The van der Waals surface area contributed by atoms with Crippen molar-refractivity contribution in [2.45, 2.75) is 11.8 Å². The SMILES string of the molecule is O=[N+]([O-])c1ccc2c(c1)C1c3cc([N+](=O)[O-])ccc3C2c2ccc([N+](=O)[O-])cc21. The van der Waals surface area contributed by atoms with Gasteiger partial charge in [-0.2, -0.15) is 0 Å². The van der Waals surface area contributed by atoms with Crippen LogP contribution in [0, 0.1) is 30.3 Å². The standard InChI is InChI=1S/C20H11N3O6/c24-21(25)10-1-4-13-16(7-10)20-17-8-11(22(26)27)2-5-14(17)19(13)15-6-3-12(23(28)29)9-18(15)20/h1-9,19-20H. The molecule has 0 fully saturated rings. The van der Waals surface area contributed by atoms with Crippen molar-refractivity contribution in [2.75, 3.05) is 0 Å². The van der Waals surface area contributed by atoms with Crippen LogP contribution in [0.25, 0.3) is 0 Å². The van der Waals surface area contributed by atoms with Crippen LogP contribution in [0.5, 0.6) is 0 Å². The van der Waals surface area contributed by atoms with Crippen molar-refractivity contribution in [3.63, 3.8) is 0 Å². The summed E-state index contributed by atoms with van der Waals surface area (Å²) >= 11 is 0. The summed E-state index contributed by atoms with van der Waals surface area (Å²) in [5, 5.41) is 33.9. The van der Waals surface area contributed by atoms with E-state index in [1.807, 2.05) is 0 Å². The molecule has 2 bridgehead atoms. The first-order valence-electron chi connectivity index (χ1n) is 8.71. The highest BCUT2D eigenvalue weighted by Crippen LogP contribution is 2.57. The number of hydrogen-bond acceptors (Lipinski definition) is 6. The van der Waals surface area contributed by atoms with Gasteiger partial charge in [-0.05, 0) is 33.4 Å². The van der Waals surface area contributed by atoms with Crippen molar-refractivity contribution >= 4 is 17.1 Å². The first kappa shape index (κ1) is 17.0. The molecule has 29 heavy (non-hydrogen) atoms.